The average Bonchev–Trinajstić information content (AvgIpc) is 2.97. The van der Waals surface area contributed by atoms with Gasteiger partial charge in [0.15, 0.2) is 11.0 Å². The van der Waals surface area contributed by atoms with E-state index in [0.29, 0.717) is 28.6 Å². The fourth-order valence-corrected chi connectivity index (χ4v) is 3.79. The number of amides is 1. The predicted octanol–water partition coefficient (Wildman–Crippen LogP) is 2.99. The van der Waals surface area contributed by atoms with Gasteiger partial charge in [0.2, 0.25) is 5.91 Å². The molecule has 7 nitrogen and oxygen atoms in total. The maximum absolute atomic E-state index is 12.0. The van der Waals surface area contributed by atoms with Gasteiger partial charge in [0.25, 0.3) is 0 Å². The Bertz CT molecular complexity index is 725. The zero-order valence-corrected chi connectivity index (χ0v) is 15.5. The molecule has 3 rings (SSSR count). The number of carbonyl (C=O) groups excluding carboxylic acids is 1. The molecular weight excluding hydrogens is 338 g/mol. The second-order valence-corrected chi connectivity index (χ2v) is 7.65. The van der Waals surface area contributed by atoms with Gasteiger partial charge in [-0.05, 0) is 31.2 Å². The summed E-state index contributed by atoms with van der Waals surface area (Å²) in [5.74, 6) is 3.40. The molecule has 0 aliphatic carbocycles. The molecule has 1 fully saturated rings. The third-order valence-corrected chi connectivity index (χ3v) is 4.90. The largest absolute Gasteiger partial charge is 0.360 e. The highest BCUT2D eigenvalue weighted by atomic mass is 32.2. The third-order valence-electron chi connectivity index (χ3n) is 4.04. The van der Waals surface area contributed by atoms with Gasteiger partial charge in [0.05, 0.1) is 5.75 Å². The Kier molecular flexibility index (Phi) is 5.57. The molecule has 1 N–H and O–H groups in total. The lowest BCUT2D eigenvalue weighted by molar-refractivity contribution is -0.113. The number of rotatable bonds is 5. The SMILES string of the molecule is Cc1cc(NC(=O)CSc2nccc(N3C[C@H](C)C[C@@H](C)C3)n2)no1. The van der Waals surface area contributed by atoms with Crippen LogP contribution in [0, 0.1) is 18.8 Å². The summed E-state index contributed by atoms with van der Waals surface area (Å²) >= 11 is 1.32. The first-order valence-corrected chi connectivity index (χ1v) is 9.42. The van der Waals surface area contributed by atoms with Crippen LogP contribution in [-0.2, 0) is 4.79 Å². The van der Waals surface area contributed by atoms with Crippen molar-refractivity contribution in [2.24, 2.45) is 11.8 Å². The van der Waals surface area contributed by atoms with E-state index < -0.39 is 0 Å². The number of hydrogen-bond acceptors (Lipinski definition) is 7. The van der Waals surface area contributed by atoms with Gasteiger partial charge in [-0.1, -0.05) is 30.8 Å². The van der Waals surface area contributed by atoms with Gasteiger partial charge in [0.1, 0.15) is 11.6 Å². The summed E-state index contributed by atoms with van der Waals surface area (Å²) in [5, 5.41) is 7.04. The first-order chi connectivity index (χ1) is 12.0. The maximum atomic E-state index is 12.0. The third kappa shape index (κ3) is 4.94. The summed E-state index contributed by atoms with van der Waals surface area (Å²) < 4.78 is 4.93. The minimum atomic E-state index is -0.160. The molecule has 134 valence electrons. The standard InChI is InChI=1S/C17H23N5O2S/c1-11-6-12(2)9-22(8-11)15-4-5-18-17(20-15)25-10-16(23)19-14-7-13(3)24-21-14/h4-5,7,11-12H,6,8-10H2,1-3H3,(H,19,21,23)/t11-,12-/m1/s1. The van der Waals surface area contributed by atoms with Crippen molar-refractivity contribution in [2.75, 3.05) is 29.1 Å². The van der Waals surface area contributed by atoms with Crippen molar-refractivity contribution in [3.05, 3.63) is 24.1 Å². The fraction of sp³-hybridized carbons (Fsp3) is 0.529. The molecule has 0 aromatic carbocycles. The lowest BCUT2D eigenvalue weighted by atomic mass is 9.92. The lowest BCUT2D eigenvalue weighted by Crippen LogP contribution is -2.39. The van der Waals surface area contributed by atoms with E-state index in [9.17, 15) is 4.79 Å². The average molecular weight is 361 g/mol. The van der Waals surface area contributed by atoms with E-state index in [1.165, 1.54) is 18.2 Å². The molecular formula is C17H23N5O2S. The van der Waals surface area contributed by atoms with Gasteiger partial charge >= 0.3 is 0 Å². The molecule has 1 amide bonds. The predicted molar refractivity (Wildman–Crippen MR) is 97.8 cm³/mol. The van der Waals surface area contributed by atoms with Gasteiger partial charge in [-0.2, -0.15) is 0 Å². The highest BCUT2D eigenvalue weighted by Gasteiger charge is 2.23. The molecule has 0 radical (unpaired) electrons. The molecule has 8 heteroatoms. The van der Waals surface area contributed by atoms with Crippen molar-refractivity contribution in [1.29, 1.82) is 0 Å². The summed E-state index contributed by atoms with van der Waals surface area (Å²) in [7, 11) is 0. The van der Waals surface area contributed by atoms with E-state index >= 15 is 0 Å². The van der Waals surface area contributed by atoms with E-state index in [1.54, 1.807) is 19.2 Å². The quantitative estimate of drug-likeness (QED) is 0.647. The van der Waals surface area contributed by atoms with Crippen LogP contribution in [0.1, 0.15) is 26.0 Å². The highest BCUT2D eigenvalue weighted by Crippen LogP contribution is 2.26. The number of anilines is 2. The Balaban J connectivity index is 1.57. The first-order valence-electron chi connectivity index (χ1n) is 8.43. The number of aromatic nitrogens is 3. The van der Waals surface area contributed by atoms with Crippen LogP contribution in [0.4, 0.5) is 11.6 Å². The van der Waals surface area contributed by atoms with Crippen LogP contribution in [0.2, 0.25) is 0 Å². The zero-order chi connectivity index (χ0) is 17.8. The Labute approximate surface area is 151 Å². The summed E-state index contributed by atoms with van der Waals surface area (Å²) in [6.07, 6.45) is 3.01. The van der Waals surface area contributed by atoms with Gasteiger partial charge in [-0.25, -0.2) is 9.97 Å². The normalized spacial score (nSPS) is 20.5. The molecule has 3 heterocycles. The van der Waals surface area contributed by atoms with Crippen molar-refractivity contribution in [3.63, 3.8) is 0 Å². The van der Waals surface area contributed by atoms with Crippen molar-refractivity contribution < 1.29 is 9.32 Å². The number of thioether (sulfide) groups is 1. The number of hydrogen-bond donors (Lipinski definition) is 1. The number of piperidine rings is 1. The second kappa shape index (κ2) is 7.86. The summed E-state index contributed by atoms with van der Waals surface area (Å²) in [4.78, 5) is 23.2. The lowest BCUT2D eigenvalue weighted by Gasteiger charge is -2.35. The van der Waals surface area contributed by atoms with Gasteiger partial charge in [-0.3, -0.25) is 4.79 Å². The smallest absolute Gasteiger partial charge is 0.236 e. The maximum Gasteiger partial charge on any atom is 0.236 e. The van der Waals surface area contributed by atoms with Crippen molar-refractivity contribution in [2.45, 2.75) is 32.3 Å². The van der Waals surface area contributed by atoms with Crippen LogP contribution in [0.15, 0.2) is 28.0 Å². The van der Waals surface area contributed by atoms with Crippen LogP contribution in [0.5, 0.6) is 0 Å². The van der Waals surface area contributed by atoms with E-state index in [-0.39, 0.29) is 11.7 Å². The molecule has 1 aliphatic rings. The highest BCUT2D eigenvalue weighted by molar-refractivity contribution is 7.99. The molecule has 2 atom stereocenters. The molecule has 0 spiro atoms. The number of aryl methyl sites for hydroxylation is 1. The second-order valence-electron chi connectivity index (χ2n) is 6.71. The van der Waals surface area contributed by atoms with Crippen LogP contribution in [-0.4, -0.2) is 39.9 Å². The Morgan fingerprint density at radius 1 is 1.40 bits per heavy atom. The van der Waals surface area contributed by atoms with E-state index in [2.05, 4.69) is 39.2 Å². The Morgan fingerprint density at radius 2 is 2.16 bits per heavy atom. The fourth-order valence-electron chi connectivity index (χ4n) is 3.16. The summed E-state index contributed by atoms with van der Waals surface area (Å²) in [5.41, 5.74) is 0. The summed E-state index contributed by atoms with van der Waals surface area (Å²) in [6, 6.07) is 3.62. The zero-order valence-electron chi connectivity index (χ0n) is 14.7. The molecule has 2 aromatic heterocycles. The van der Waals surface area contributed by atoms with Gasteiger partial charge in [0, 0.05) is 25.4 Å². The minimum Gasteiger partial charge on any atom is -0.360 e. The topological polar surface area (TPSA) is 84.2 Å². The monoisotopic (exact) mass is 361 g/mol. The van der Waals surface area contributed by atoms with Crippen LogP contribution >= 0.6 is 11.8 Å². The molecule has 1 aliphatic heterocycles. The Hall–Kier alpha value is -2.09. The number of carbonyl (C=O) groups is 1. The molecule has 0 saturated carbocycles. The van der Waals surface area contributed by atoms with Crippen molar-refractivity contribution >= 4 is 29.3 Å². The summed E-state index contributed by atoms with van der Waals surface area (Å²) in [6.45, 7) is 8.35. The molecule has 0 bridgehead atoms. The number of nitrogens with one attached hydrogen (secondary N) is 1. The van der Waals surface area contributed by atoms with Crippen LogP contribution in [0.3, 0.4) is 0 Å². The first kappa shape index (κ1) is 17.7. The molecule has 0 unspecified atom stereocenters. The van der Waals surface area contributed by atoms with Crippen LogP contribution < -0.4 is 10.2 Å². The van der Waals surface area contributed by atoms with Gasteiger partial charge in [-0.15, -0.1) is 0 Å². The van der Waals surface area contributed by atoms with E-state index in [4.69, 9.17) is 4.52 Å². The minimum absolute atomic E-state index is 0.160. The van der Waals surface area contributed by atoms with E-state index in [1.807, 2.05) is 6.07 Å². The molecule has 25 heavy (non-hydrogen) atoms. The van der Waals surface area contributed by atoms with Crippen molar-refractivity contribution in [1.82, 2.24) is 15.1 Å². The number of nitrogens with zero attached hydrogens (tertiary/aromatic N) is 4. The van der Waals surface area contributed by atoms with E-state index in [0.717, 1.165) is 18.9 Å². The molecule has 1 saturated heterocycles. The van der Waals surface area contributed by atoms with Gasteiger partial charge < -0.3 is 14.7 Å². The Morgan fingerprint density at radius 3 is 2.84 bits per heavy atom. The van der Waals surface area contributed by atoms with Crippen molar-refractivity contribution in [3.8, 4) is 0 Å². The molecule has 2 aromatic rings. The van der Waals surface area contributed by atoms with Crippen LogP contribution in [0.25, 0.3) is 0 Å².